The van der Waals surface area contributed by atoms with Crippen LogP contribution in [0.2, 0.25) is 0 Å². The van der Waals surface area contributed by atoms with E-state index in [2.05, 4.69) is 4.99 Å². The van der Waals surface area contributed by atoms with E-state index < -0.39 is 10.8 Å². The third kappa shape index (κ3) is 3.56. The van der Waals surface area contributed by atoms with Gasteiger partial charge < -0.3 is 9.84 Å². The van der Waals surface area contributed by atoms with Crippen molar-refractivity contribution in [1.82, 2.24) is 4.57 Å². The van der Waals surface area contributed by atoms with Gasteiger partial charge in [-0.1, -0.05) is 36.5 Å². The van der Waals surface area contributed by atoms with E-state index in [-0.39, 0.29) is 18.5 Å². The second-order valence-electron chi connectivity index (χ2n) is 5.73. The summed E-state index contributed by atoms with van der Waals surface area (Å²) in [6.45, 7) is 3.37. The molecule has 1 aromatic heterocycles. The molecular weight excluding hydrogens is 340 g/mol. The van der Waals surface area contributed by atoms with Crippen LogP contribution >= 0.6 is 11.3 Å². The molecule has 0 aliphatic carbocycles. The third-order valence-corrected chi connectivity index (χ3v) is 4.85. The first-order valence-electron chi connectivity index (χ1n) is 7.96. The van der Waals surface area contributed by atoms with E-state index in [0.717, 1.165) is 32.7 Å². The molecule has 7 heteroatoms. The molecule has 1 atom stereocenters. The number of nitrogens with zero attached hydrogens (tertiary/aromatic N) is 2. The van der Waals surface area contributed by atoms with Crippen molar-refractivity contribution >= 4 is 40.9 Å². The van der Waals surface area contributed by atoms with Gasteiger partial charge in [0.05, 0.1) is 16.7 Å². The number of esters is 1. The number of rotatable bonds is 5. The zero-order valence-corrected chi connectivity index (χ0v) is 14.7. The first kappa shape index (κ1) is 17.2. The lowest BCUT2D eigenvalue weighted by atomic mass is 10.1. The second kappa shape index (κ2) is 7.06. The minimum absolute atomic E-state index is 0.225. The summed E-state index contributed by atoms with van der Waals surface area (Å²) >= 11 is 0.881. The second-order valence-corrected chi connectivity index (χ2v) is 6.72. The van der Waals surface area contributed by atoms with Gasteiger partial charge in [0.2, 0.25) is 5.88 Å². The predicted octanol–water partition coefficient (Wildman–Crippen LogP) is 3.21. The Morgan fingerprint density at radius 2 is 2.20 bits per heavy atom. The van der Waals surface area contributed by atoms with Crippen LogP contribution in [0.15, 0.2) is 34.1 Å². The van der Waals surface area contributed by atoms with E-state index in [1.807, 2.05) is 31.2 Å². The van der Waals surface area contributed by atoms with Crippen LogP contribution in [0.1, 0.15) is 30.7 Å². The van der Waals surface area contributed by atoms with E-state index in [9.17, 15) is 14.7 Å². The van der Waals surface area contributed by atoms with Crippen molar-refractivity contribution in [3.8, 4) is 5.88 Å². The van der Waals surface area contributed by atoms with Gasteiger partial charge >= 0.3 is 10.8 Å². The Kier molecular flexibility index (Phi) is 4.85. The number of carbonyl (C=O) groups excluding carboxylic acids is 1. The summed E-state index contributed by atoms with van der Waals surface area (Å²) in [5.41, 5.74) is 2.59. The number of fused-ring (bicyclic) bond motifs is 1. The third-order valence-electron chi connectivity index (χ3n) is 3.93. The van der Waals surface area contributed by atoms with Crippen LogP contribution in [-0.4, -0.2) is 28.0 Å². The molecule has 2 heterocycles. The average Bonchev–Trinajstić information content (AvgIpc) is 3.11. The van der Waals surface area contributed by atoms with Crippen LogP contribution in [-0.2, 0) is 16.1 Å². The van der Waals surface area contributed by atoms with Crippen LogP contribution in [0.3, 0.4) is 0 Å². The normalized spacial score (nSPS) is 15.4. The Labute approximate surface area is 148 Å². The fourth-order valence-corrected chi connectivity index (χ4v) is 3.25. The van der Waals surface area contributed by atoms with Gasteiger partial charge in [-0.3, -0.25) is 19.1 Å². The lowest BCUT2D eigenvalue weighted by molar-refractivity contribution is -0.149. The number of hydrogen-bond acceptors (Lipinski definition) is 6. The quantitative estimate of drug-likeness (QED) is 0.832. The van der Waals surface area contributed by atoms with Gasteiger partial charge in [0.1, 0.15) is 6.54 Å². The maximum atomic E-state index is 12.1. The summed E-state index contributed by atoms with van der Waals surface area (Å²) in [7, 11) is 0. The van der Waals surface area contributed by atoms with Crippen LogP contribution in [0, 0.1) is 0 Å². The van der Waals surface area contributed by atoms with Crippen LogP contribution in [0.4, 0.5) is 5.69 Å². The molecule has 1 N–H and O–H groups in total. The Morgan fingerprint density at radius 1 is 1.44 bits per heavy atom. The van der Waals surface area contributed by atoms with Crippen molar-refractivity contribution in [3.05, 3.63) is 44.4 Å². The van der Waals surface area contributed by atoms with E-state index in [1.54, 1.807) is 19.2 Å². The molecule has 0 bridgehead atoms. The first-order valence-corrected chi connectivity index (χ1v) is 8.78. The lowest BCUT2D eigenvalue weighted by Gasteiger charge is -2.11. The lowest BCUT2D eigenvalue weighted by Crippen LogP contribution is -2.23. The zero-order valence-electron chi connectivity index (χ0n) is 13.9. The van der Waals surface area contributed by atoms with Gasteiger partial charge in [-0.15, -0.1) is 0 Å². The van der Waals surface area contributed by atoms with Crippen molar-refractivity contribution in [1.29, 1.82) is 0 Å². The molecule has 0 fully saturated rings. The molecule has 1 aliphatic rings. The number of para-hydroxylation sites is 1. The van der Waals surface area contributed by atoms with Crippen molar-refractivity contribution in [2.24, 2.45) is 4.99 Å². The first-order chi connectivity index (χ1) is 12.0. The van der Waals surface area contributed by atoms with E-state index in [0.29, 0.717) is 11.3 Å². The Balaban J connectivity index is 1.86. The Morgan fingerprint density at radius 3 is 2.96 bits per heavy atom. The minimum atomic E-state index is -0.545. The summed E-state index contributed by atoms with van der Waals surface area (Å²) in [5.74, 6) is -0.780. The van der Waals surface area contributed by atoms with Crippen LogP contribution in [0.25, 0.3) is 11.6 Å². The van der Waals surface area contributed by atoms with Crippen molar-refractivity contribution in [3.63, 3.8) is 0 Å². The van der Waals surface area contributed by atoms with Gasteiger partial charge in [-0.25, -0.2) is 0 Å². The maximum absolute atomic E-state index is 12.1. The highest BCUT2D eigenvalue weighted by Gasteiger charge is 2.19. The zero-order chi connectivity index (χ0) is 18.0. The summed E-state index contributed by atoms with van der Waals surface area (Å²) < 4.78 is 6.19. The Hall–Kier alpha value is -2.67. The Bertz CT molecular complexity index is 923. The fourth-order valence-electron chi connectivity index (χ4n) is 2.42. The van der Waals surface area contributed by atoms with Crippen LogP contribution in [0.5, 0.6) is 5.88 Å². The molecule has 1 aliphatic heterocycles. The molecule has 3 rings (SSSR count). The number of aromatic hydroxyl groups is 1. The van der Waals surface area contributed by atoms with Crippen molar-refractivity contribution in [2.45, 2.75) is 32.9 Å². The molecule has 1 aromatic carbocycles. The summed E-state index contributed by atoms with van der Waals surface area (Å²) in [4.78, 5) is 28.3. The number of aliphatic imine (C=N–C) groups is 1. The van der Waals surface area contributed by atoms with Gasteiger partial charge in [0, 0.05) is 17.4 Å². The molecule has 0 spiro atoms. The van der Waals surface area contributed by atoms with E-state index in [1.165, 1.54) is 0 Å². The largest absolute Gasteiger partial charge is 0.493 e. The highest BCUT2D eigenvalue weighted by Crippen LogP contribution is 2.34. The smallest absolute Gasteiger partial charge is 0.326 e. The highest BCUT2D eigenvalue weighted by atomic mass is 32.1. The maximum Gasteiger partial charge on any atom is 0.326 e. The molecule has 2 aromatic rings. The number of benzene rings is 1. The molecule has 130 valence electrons. The van der Waals surface area contributed by atoms with Gasteiger partial charge in [0.15, 0.2) is 0 Å². The van der Waals surface area contributed by atoms with Gasteiger partial charge in [-0.05, 0) is 25.5 Å². The number of thiazole rings is 1. The molecular formula is C18H18N2O4S. The predicted molar refractivity (Wildman–Crippen MR) is 98.6 cm³/mol. The van der Waals surface area contributed by atoms with E-state index in [4.69, 9.17) is 4.74 Å². The average molecular weight is 358 g/mol. The summed E-state index contributed by atoms with van der Waals surface area (Å²) in [6, 6.07) is 7.62. The van der Waals surface area contributed by atoms with Crippen molar-refractivity contribution < 1.29 is 14.6 Å². The van der Waals surface area contributed by atoms with Gasteiger partial charge in [0.25, 0.3) is 0 Å². The van der Waals surface area contributed by atoms with Gasteiger partial charge in [-0.2, -0.15) is 0 Å². The topological polar surface area (TPSA) is 80.9 Å². The fraction of sp³-hybridized carbons (Fsp3) is 0.278. The monoisotopic (exact) mass is 358 g/mol. The number of allylic oxidation sites excluding steroid dienone is 1. The van der Waals surface area contributed by atoms with Crippen LogP contribution < -0.4 is 4.87 Å². The molecule has 0 unspecified atom stereocenters. The number of ether oxygens (including phenoxy) is 1. The highest BCUT2D eigenvalue weighted by molar-refractivity contribution is 7.10. The molecule has 6 nitrogen and oxygen atoms in total. The number of hydrogen-bond donors (Lipinski definition) is 1. The minimum Gasteiger partial charge on any atom is -0.493 e. The standard InChI is InChI=1S/C18H18N2O4S/c1-3-11(2)24-16(21)10-20-17(22)15(25-18(20)23)8-12-9-19-14-7-5-4-6-13(12)14/h4-9,11,22H,3,10H2,1-2H3/t11-/m0/s1. The molecule has 0 radical (unpaired) electrons. The summed E-state index contributed by atoms with van der Waals surface area (Å²) in [6.07, 6.45) is 3.85. The SMILES string of the molecule is CC[C@H](C)OC(=O)Cn1c(O)c(C=C2C=Nc3ccccc32)sc1=O. The molecule has 0 amide bonds. The molecule has 0 saturated carbocycles. The summed E-state index contributed by atoms with van der Waals surface area (Å²) in [5, 5.41) is 10.3. The van der Waals surface area contributed by atoms with Crippen molar-refractivity contribution in [2.75, 3.05) is 0 Å². The molecule has 0 saturated heterocycles. The van der Waals surface area contributed by atoms with E-state index >= 15 is 0 Å². The molecule has 25 heavy (non-hydrogen) atoms. The number of carbonyl (C=O) groups is 1. The number of aromatic nitrogens is 1.